The van der Waals surface area contributed by atoms with E-state index in [9.17, 15) is 31.1 Å². The second kappa shape index (κ2) is 8.99. The van der Waals surface area contributed by atoms with Crippen LogP contribution >= 0.6 is 11.6 Å². The highest BCUT2D eigenvalue weighted by Crippen LogP contribution is 2.49. The summed E-state index contributed by atoms with van der Waals surface area (Å²) < 4.78 is 77.3. The minimum atomic E-state index is -5.92. The molecule has 23 heavy (non-hydrogen) atoms. The number of rotatable bonds is 9. The van der Waals surface area contributed by atoms with Crippen molar-refractivity contribution in [2.24, 2.45) is 0 Å². The van der Waals surface area contributed by atoms with E-state index >= 15 is 0 Å². The van der Waals surface area contributed by atoms with Gasteiger partial charge in [-0.3, -0.25) is 4.79 Å². The van der Waals surface area contributed by atoms with Gasteiger partial charge in [-0.15, -0.1) is 0 Å². The van der Waals surface area contributed by atoms with Crippen LogP contribution in [0.2, 0.25) is 0 Å². The van der Waals surface area contributed by atoms with Gasteiger partial charge in [-0.25, -0.2) is 0 Å². The van der Waals surface area contributed by atoms with Gasteiger partial charge in [0.25, 0.3) is 5.91 Å². The standard InChI is InChI=1S/C14H22ClF6NO/c1-3-5-7-9-22(10-8-6-4-2)11(23)12(15,13(16,17)18)14(19,20)21/h3-10H2,1-2H3. The Labute approximate surface area is 137 Å². The van der Waals surface area contributed by atoms with E-state index in [4.69, 9.17) is 11.6 Å². The van der Waals surface area contributed by atoms with Crippen LogP contribution in [0.1, 0.15) is 52.4 Å². The molecule has 0 saturated carbocycles. The van der Waals surface area contributed by atoms with Crippen LogP contribution in [0.3, 0.4) is 0 Å². The largest absolute Gasteiger partial charge is 0.425 e. The van der Waals surface area contributed by atoms with Crippen molar-refractivity contribution in [1.82, 2.24) is 4.90 Å². The first kappa shape index (κ1) is 22.3. The van der Waals surface area contributed by atoms with Gasteiger partial charge in [0.05, 0.1) is 0 Å². The first-order valence-corrected chi connectivity index (χ1v) is 7.93. The van der Waals surface area contributed by atoms with Crippen LogP contribution in [0, 0.1) is 0 Å². The van der Waals surface area contributed by atoms with E-state index in [2.05, 4.69) is 0 Å². The molecule has 0 aromatic carbocycles. The first-order chi connectivity index (χ1) is 10.4. The number of nitrogens with zero attached hydrogens (tertiary/aromatic N) is 1. The lowest BCUT2D eigenvalue weighted by Crippen LogP contribution is -2.62. The summed E-state index contributed by atoms with van der Waals surface area (Å²) in [5.74, 6) is -2.13. The Morgan fingerprint density at radius 1 is 0.826 bits per heavy atom. The highest BCUT2D eigenvalue weighted by atomic mass is 35.5. The molecule has 0 aromatic rings. The fraction of sp³-hybridized carbons (Fsp3) is 0.929. The topological polar surface area (TPSA) is 20.3 Å². The molecule has 1 amide bonds. The van der Waals surface area contributed by atoms with E-state index in [0.29, 0.717) is 30.6 Å². The monoisotopic (exact) mass is 369 g/mol. The molecule has 0 N–H and O–H groups in total. The third-order valence-corrected chi connectivity index (χ3v) is 4.02. The van der Waals surface area contributed by atoms with Gasteiger partial charge in [0.1, 0.15) is 0 Å². The van der Waals surface area contributed by atoms with Gasteiger partial charge in [0, 0.05) is 13.1 Å². The normalized spacial score (nSPS) is 13.3. The maximum absolute atomic E-state index is 12.9. The van der Waals surface area contributed by atoms with E-state index in [1.165, 1.54) is 0 Å². The minimum Gasteiger partial charge on any atom is -0.341 e. The molecular weight excluding hydrogens is 348 g/mol. The Bertz CT molecular complexity index is 345. The summed E-state index contributed by atoms with van der Waals surface area (Å²) in [6, 6.07) is 0. The lowest BCUT2D eigenvalue weighted by molar-refractivity contribution is -0.263. The Morgan fingerprint density at radius 2 is 1.17 bits per heavy atom. The average molecular weight is 370 g/mol. The number of halogens is 7. The number of carbonyl (C=O) groups is 1. The minimum absolute atomic E-state index is 0.170. The zero-order chi connectivity index (χ0) is 18.3. The van der Waals surface area contributed by atoms with Crippen LogP contribution in [-0.2, 0) is 4.79 Å². The molecule has 2 nitrogen and oxygen atoms in total. The van der Waals surface area contributed by atoms with Crippen molar-refractivity contribution in [3.63, 3.8) is 0 Å². The number of amides is 1. The van der Waals surface area contributed by atoms with E-state index in [1.807, 2.05) is 13.8 Å². The molecular formula is C14H22ClF6NO. The molecule has 0 heterocycles. The molecule has 0 aliphatic heterocycles. The fourth-order valence-corrected chi connectivity index (χ4v) is 2.16. The lowest BCUT2D eigenvalue weighted by Gasteiger charge is -2.35. The number of carbonyl (C=O) groups excluding carboxylic acids is 1. The van der Waals surface area contributed by atoms with Gasteiger partial charge in [0.2, 0.25) is 0 Å². The Kier molecular flexibility index (Phi) is 8.73. The molecule has 0 aromatic heterocycles. The number of alkyl halides is 7. The maximum atomic E-state index is 12.9. The molecule has 0 aliphatic rings. The predicted octanol–water partition coefficient (Wildman–Crippen LogP) is 5.30. The van der Waals surface area contributed by atoms with Crippen molar-refractivity contribution in [1.29, 1.82) is 0 Å². The van der Waals surface area contributed by atoms with Crippen LogP contribution in [0.25, 0.3) is 0 Å². The van der Waals surface area contributed by atoms with E-state index < -0.39 is 23.1 Å². The quantitative estimate of drug-likeness (QED) is 0.307. The van der Waals surface area contributed by atoms with Crippen LogP contribution in [0.5, 0.6) is 0 Å². The van der Waals surface area contributed by atoms with Gasteiger partial charge in [0.15, 0.2) is 0 Å². The molecule has 0 saturated heterocycles. The molecule has 0 radical (unpaired) electrons. The predicted molar refractivity (Wildman–Crippen MR) is 76.3 cm³/mol. The average Bonchev–Trinajstić information content (AvgIpc) is 2.42. The van der Waals surface area contributed by atoms with E-state index in [1.54, 1.807) is 0 Å². The summed E-state index contributed by atoms with van der Waals surface area (Å²) in [6.45, 7) is 3.33. The van der Waals surface area contributed by atoms with Crippen molar-refractivity contribution < 1.29 is 31.1 Å². The van der Waals surface area contributed by atoms with Crippen LogP contribution in [-0.4, -0.2) is 41.1 Å². The summed E-state index contributed by atoms with van der Waals surface area (Å²) in [4.78, 5) is 7.71. The zero-order valence-corrected chi connectivity index (χ0v) is 13.9. The molecule has 0 rings (SSSR count). The summed E-state index contributed by atoms with van der Waals surface area (Å²) in [5, 5.41) is 0. The van der Waals surface area contributed by atoms with Crippen molar-refractivity contribution in [3.05, 3.63) is 0 Å². The smallest absolute Gasteiger partial charge is 0.341 e. The first-order valence-electron chi connectivity index (χ1n) is 7.55. The second-order valence-electron chi connectivity index (χ2n) is 5.36. The molecule has 0 bridgehead atoms. The van der Waals surface area contributed by atoms with E-state index in [0.717, 1.165) is 12.8 Å². The van der Waals surface area contributed by atoms with Gasteiger partial charge >= 0.3 is 17.2 Å². The molecule has 138 valence electrons. The molecule has 0 unspecified atom stereocenters. The highest BCUT2D eigenvalue weighted by Gasteiger charge is 2.75. The van der Waals surface area contributed by atoms with Crippen LogP contribution < -0.4 is 0 Å². The van der Waals surface area contributed by atoms with Gasteiger partial charge < -0.3 is 4.90 Å². The second-order valence-corrected chi connectivity index (χ2v) is 5.93. The summed E-state index contributed by atoms with van der Waals surface area (Å²) in [6.07, 6.45) is -8.53. The van der Waals surface area contributed by atoms with Crippen molar-refractivity contribution in [3.8, 4) is 0 Å². The van der Waals surface area contributed by atoms with Gasteiger partial charge in [-0.05, 0) is 12.8 Å². The molecule has 0 spiro atoms. The molecule has 0 fully saturated rings. The Balaban J connectivity index is 5.40. The highest BCUT2D eigenvalue weighted by molar-refractivity contribution is 6.36. The summed E-state index contributed by atoms with van der Waals surface area (Å²) in [5.41, 5.74) is 0. The number of unbranched alkanes of at least 4 members (excludes halogenated alkanes) is 4. The summed E-state index contributed by atoms with van der Waals surface area (Å²) >= 11 is 4.82. The molecule has 0 aliphatic carbocycles. The van der Waals surface area contributed by atoms with E-state index in [-0.39, 0.29) is 13.1 Å². The van der Waals surface area contributed by atoms with Crippen LogP contribution in [0.15, 0.2) is 0 Å². The summed E-state index contributed by atoms with van der Waals surface area (Å²) in [7, 11) is 0. The van der Waals surface area contributed by atoms with Crippen molar-refractivity contribution >= 4 is 17.5 Å². The van der Waals surface area contributed by atoms with Gasteiger partial charge in [-0.2, -0.15) is 26.3 Å². The van der Waals surface area contributed by atoms with Crippen molar-refractivity contribution in [2.45, 2.75) is 69.6 Å². The van der Waals surface area contributed by atoms with Gasteiger partial charge in [-0.1, -0.05) is 51.1 Å². The lowest BCUT2D eigenvalue weighted by atomic mass is 10.0. The number of hydrogen-bond donors (Lipinski definition) is 0. The zero-order valence-electron chi connectivity index (χ0n) is 13.2. The SMILES string of the molecule is CCCCCN(CCCCC)C(=O)C(Cl)(C(F)(F)F)C(F)(F)F. The fourth-order valence-electron chi connectivity index (χ4n) is 2.04. The maximum Gasteiger partial charge on any atom is 0.425 e. The number of hydrogen-bond acceptors (Lipinski definition) is 1. The molecule has 9 heteroatoms. The third kappa shape index (κ3) is 5.72. The van der Waals surface area contributed by atoms with Crippen LogP contribution in [0.4, 0.5) is 26.3 Å². The Morgan fingerprint density at radius 3 is 1.43 bits per heavy atom. The van der Waals surface area contributed by atoms with Crippen molar-refractivity contribution in [2.75, 3.05) is 13.1 Å². The molecule has 0 atom stereocenters. The Hall–Kier alpha value is -0.660. The third-order valence-electron chi connectivity index (χ3n) is 3.43.